The Morgan fingerprint density at radius 1 is 1.40 bits per heavy atom. The highest BCUT2D eigenvalue weighted by Gasteiger charge is 2.27. The van der Waals surface area contributed by atoms with Gasteiger partial charge in [0.15, 0.2) is 6.29 Å². The average molecular weight is 215 g/mol. The fraction of sp³-hybridized carbons (Fsp3) is 0.818. The van der Waals surface area contributed by atoms with Gasteiger partial charge in [-0.15, -0.1) is 0 Å². The van der Waals surface area contributed by atoms with Crippen LogP contribution < -0.4 is 5.32 Å². The van der Waals surface area contributed by atoms with Gasteiger partial charge in [-0.2, -0.15) is 0 Å². The third-order valence-electron chi connectivity index (χ3n) is 2.28. The number of ether oxygens (including phenoxy) is 3. The minimum atomic E-state index is -0.269. The summed E-state index contributed by atoms with van der Waals surface area (Å²) in [6.07, 6.45) is 2.79. The highest BCUT2D eigenvalue weighted by Crippen LogP contribution is 2.18. The van der Waals surface area contributed by atoms with Gasteiger partial charge in [0.1, 0.15) is 11.8 Å². The van der Waals surface area contributed by atoms with Gasteiger partial charge in [-0.25, -0.2) is 0 Å². The first-order valence-electron chi connectivity index (χ1n) is 5.56. The van der Waals surface area contributed by atoms with Crippen LogP contribution in [0.5, 0.6) is 0 Å². The van der Waals surface area contributed by atoms with Crippen molar-refractivity contribution in [1.29, 1.82) is 0 Å². The Labute approximate surface area is 91.6 Å². The minimum Gasteiger partial charge on any atom is -0.496 e. The zero-order valence-corrected chi connectivity index (χ0v) is 9.79. The zero-order chi connectivity index (χ0) is 11.1. The molecule has 0 bridgehead atoms. The van der Waals surface area contributed by atoms with E-state index in [2.05, 4.69) is 11.4 Å². The Morgan fingerprint density at radius 2 is 2.07 bits per heavy atom. The molecule has 0 fully saturated rings. The monoisotopic (exact) mass is 215 g/mol. The van der Waals surface area contributed by atoms with Gasteiger partial charge >= 0.3 is 0 Å². The topological polar surface area (TPSA) is 39.7 Å². The van der Waals surface area contributed by atoms with E-state index in [1.165, 1.54) is 0 Å². The summed E-state index contributed by atoms with van der Waals surface area (Å²) in [6, 6.07) is -0.00704. The van der Waals surface area contributed by atoms with E-state index in [9.17, 15) is 0 Å². The van der Waals surface area contributed by atoms with E-state index < -0.39 is 0 Å². The van der Waals surface area contributed by atoms with Crippen LogP contribution in [0.25, 0.3) is 0 Å². The first-order valence-corrected chi connectivity index (χ1v) is 5.56. The summed E-state index contributed by atoms with van der Waals surface area (Å²) in [5.41, 5.74) is 0. The maximum Gasteiger partial charge on any atom is 0.179 e. The van der Waals surface area contributed by atoms with E-state index in [1.54, 1.807) is 0 Å². The van der Waals surface area contributed by atoms with Crippen LogP contribution in [0.15, 0.2) is 11.8 Å². The Balaban J connectivity index is 2.59. The van der Waals surface area contributed by atoms with Gasteiger partial charge in [-0.1, -0.05) is 0 Å². The molecule has 0 spiro atoms. The third-order valence-corrected chi connectivity index (χ3v) is 2.28. The summed E-state index contributed by atoms with van der Waals surface area (Å²) in [7, 11) is 1.89. The molecule has 4 nitrogen and oxygen atoms in total. The maximum atomic E-state index is 5.54. The van der Waals surface area contributed by atoms with Crippen molar-refractivity contribution in [2.75, 3.05) is 26.9 Å². The van der Waals surface area contributed by atoms with Crippen molar-refractivity contribution in [3.8, 4) is 0 Å². The quantitative estimate of drug-likeness (QED) is 0.649. The fourth-order valence-electron chi connectivity index (χ4n) is 1.64. The minimum absolute atomic E-state index is 0.00704. The molecule has 1 unspecified atom stereocenters. The van der Waals surface area contributed by atoms with Crippen molar-refractivity contribution < 1.29 is 14.2 Å². The smallest absolute Gasteiger partial charge is 0.179 e. The van der Waals surface area contributed by atoms with Gasteiger partial charge in [0.05, 0.1) is 6.61 Å². The number of likely N-dealkylation sites (N-methyl/N-ethyl adjacent to an activating group) is 1. The van der Waals surface area contributed by atoms with E-state index in [4.69, 9.17) is 14.2 Å². The lowest BCUT2D eigenvalue weighted by Crippen LogP contribution is -2.42. The summed E-state index contributed by atoms with van der Waals surface area (Å²) in [4.78, 5) is 0. The van der Waals surface area contributed by atoms with Crippen molar-refractivity contribution in [1.82, 2.24) is 5.32 Å². The van der Waals surface area contributed by atoms with Gasteiger partial charge in [0.25, 0.3) is 0 Å². The normalized spacial score (nSPS) is 17.7. The Hall–Kier alpha value is -0.580. The number of rotatable bonds is 7. The summed E-state index contributed by atoms with van der Waals surface area (Å²) in [5.74, 6) is 0.935. The summed E-state index contributed by atoms with van der Waals surface area (Å²) < 4.78 is 16.6. The van der Waals surface area contributed by atoms with Gasteiger partial charge in [-0.3, -0.25) is 0 Å². The molecule has 88 valence electrons. The van der Waals surface area contributed by atoms with Crippen molar-refractivity contribution in [3.63, 3.8) is 0 Å². The van der Waals surface area contributed by atoms with E-state index in [0.717, 1.165) is 18.8 Å². The predicted molar refractivity (Wildman–Crippen MR) is 58.5 cm³/mol. The Kier molecular flexibility index (Phi) is 5.68. The number of hydrogen-bond acceptors (Lipinski definition) is 4. The first-order chi connectivity index (χ1) is 7.33. The van der Waals surface area contributed by atoms with Crippen molar-refractivity contribution in [2.45, 2.75) is 32.6 Å². The van der Waals surface area contributed by atoms with Gasteiger partial charge in [-0.05, 0) is 27.0 Å². The lowest BCUT2D eigenvalue weighted by atomic mass is 10.2. The Morgan fingerprint density at radius 3 is 2.47 bits per heavy atom. The fourth-order valence-corrected chi connectivity index (χ4v) is 1.64. The summed E-state index contributed by atoms with van der Waals surface area (Å²) in [6.45, 7) is 5.95. The second kappa shape index (κ2) is 6.82. The van der Waals surface area contributed by atoms with E-state index >= 15 is 0 Å². The molecule has 15 heavy (non-hydrogen) atoms. The molecule has 1 heterocycles. The molecule has 4 heteroatoms. The van der Waals surface area contributed by atoms with E-state index in [1.807, 2.05) is 20.9 Å². The highest BCUT2D eigenvalue weighted by atomic mass is 16.7. The van der Waals surface area contributed by atoms with Crippen molar-refractivity contribution >= 4 is 0 Å². The first kappa shape index (κ1) is 12.5. The SMILES string of the molecule is CCOC(OCC)C(NC)C1=CCCO1. The van der Waals surface area contributed by atoms with Crippen LogP contribution in [0.2, 0.25) is 0 Å². The molecule has 1 rings (SSSR count). The molecule has 0 radical (unpaired) electrons. The van der Waals surface area contributed by atoms with Crippen LogP contribution in [0.3, 0.4) is 0 Å². The lowest BCUT2D eigenvalue weighted by Gasteiger charge is -2.26. The second-order valence-electron chi connectivity index (χ2n) is 3.29. The largest absolute Gasteiger partial charge is 0.496 e. The van der Waals surface area contributed by atoms with Crippen molar-refractivity contribution in [3.05, 3.63) is 11.8 Å². The molecular formula is C11H21NO3. The molecule has 1 atom stereocenters. The summed E-state index contributed by atoms with van der Waals surface area (Å²) in [5, 5.41) is 3.17. The molecule has 1 aliphatic heterocycles. The summed E-state index contributed by atoms with van der Waals surface area (Å²) >= 11 is 0. The molecule has 0 aromatic rings. The van der Waals surface area contributed by atoms with E-state index in [0.29, 0.717) is 13.2 Å². The molecular weight excluding hydrogens is 194 g/mol. The highest BCUT2D eigenvalue weighted by molar-refractivity contribution is 5.08. The molecule has 0 aromatic carbocycles. The van der Waals surface area contributed by atoms with Gasteiger partial charge < -0.3 is 19.5 Å². The van der Waals surface area contributed by atoms with Crippen LogP contribution in [0.4, 0.5) is 0 Å². The zero-order valence-electron chi connectivity index (χ0n) is 9.79. The van der Waals surface area contributed by atoms with Gasteiger partial charge in [0, 0.05) is 19.6 Å². The molecule has 0 amide bonds. The average Bonchev–Trinajstić information content (AvgIpc) is 2.73. The van der Waals surface area contributed by atoms with Crippen LogP contribution in [-0.4, -0.2) is 39.2 Å². The second-order valence-corrected chi connectivity index (χ2v) is 3.29. The van der Waals surface area contributed by atoms with Crippen molar-refractivity contribution in [2.24, 2.45) is 0 Å². The maximum absolute atomic E-state index is 5.54. The third kappa shape index (κ3) is 3.48. The Bertz CT molecular complexity index is 200. The van der Waals surface area contributed by atoms with Crippen LogP contribution in [0.1, 0.15) is 20.3 Å². The predicted octanol–water partition coefficient (Wildman–Crippen LogP) is 1.28. The molecule has 0 aromatic heterocycles. The van der Waals surface area contributed by atoms with E-state index in [-0.39, 0.29) is 12.3 Å². The molecule has 0 aliphatic carbocycles. The molecule has 1 aliphatic rings. The van der Waals surface area contributed by atoms with Gasteiger partial charge in [0.2, 0.25) is 0 Å². The molecule has 0 saturated heterocycles. The van der Waals surface area contributed by atoms with Crippen LogP contribution >= 0.6 is 0 Å². The number of hydrogen-bond donors (Lipinski definition) is 1. The van der Waals surface area contributed by atoms with Crippen LogP contribution in [-0.2, 0) is 14.2 Å². The lowest BCUT2D eigenvalue weighted by molar-refractivity contribution is -0.152. The molecule has 0 saturated carbocycles. The molecule has 1 N–H and O–H groups in total. The number of nitrogens with one attached hydrogen (secondary N) is 1. The van der Waals surface area contributed by atoms with Crippen LogP contribution in [0, 0.1) is 0 Å². The standard InChI is InChI=1S/C11H21NO3/c1-4-13-11(14-5-2)10(12-3)9-7-6-8-15-9/h7,10-12H,4-6,8H2,1-3H3.